The predicted octanol–water partition coefficient (Wildman–Crippen LogP) is 2.01. The van der Waals surface area contributed by atoms with Crippen LogP contribution < -0.4 is 30.1 Å². The Bertz CT molecular complexity index is 1910. The highest BCUT2D eigenvalue weighted by atomic mass is 32.1. The van der Waals surface area contributed by atoms with E-state index in [1.165, 1.54) is 23.0 Å². The molecule has 2 aromatic heterocycles. The number of carbonyl (C=O) groups excluding carboxylic acids is 1. The molecule has 1 atom stereocenters. The Hall–Kier alpha value is -4.38. The molecule has 0 radical (unpaired) electrons. The van der Waals surface area contributed by atoms with Crippen LogP contribution in [0.15, 0.2) is 62.2 Å². The number of rotatable bonds is 6. The lowest BCUT2D eigenvalue weighted by Gasteiger charge is -2.26. The summed E-state index contributed by atoms with van der Waals surface area (Å²) in [7, 11) is 6.51. The molecule has 5 rings (SSSR count). The van der Waals surface area contributed by atoms with Gasteiger partial charge in [0.2, 0.25) is 0 Å². The Morgan fingerprint density at radius 2 is 1.79 bits per heavy atom. The average Bonchev–Trinajstić information content (AvgIpc) is 3.34. The van der Waals surface area contributed by atoms with Gasteiger partial charge in [0, 0.05) is 19.7 Å². The molecule has 11 heteroatoms. The number of allylic oxidation sites excluding steroid dienone is 1. The predicted molar refractivity (Wildman–Crippen MR) is 148 cm³/mol. The van der Waals surface area contributed by atoms with Crippen LogP contribution in [0.4, 0.5) is 0 Å². The van der Waals surface area contributed by atoms with Gasteiger partial charge in [0.25, 0.3) is 5.56 Å². The molecule has 1 aliphatic heterocycles. The van der Waals surface area contributed by atoms with Crippen molar-refractivity contribution in [2.45, 2.75) is 19.9 Å². The monoisotopic (exact) mass is 548 g/mol. The third-order valence-corrected chi connectivity index (χ3v) is 7.83. The maximum Gasteiger partial charge on any atom is 0.338 e. The normalized spacial score (nSPS) is 15.3. The fourth-order valence-electron chi connectivity index (χ4n) is 4.90. The van der Waals surface area contributed by atoms with Crippen molar-refractivity contribution in [2.75, 3.05) is 20.8 Å². The lowest BCUT2D eigenvalue weighted by molar-refractivity contribution is -0.139. The summed E-state index contributed by atoms with van der Waals surface area (Å²) in [6.07, 6.45) is 1.77. The molecule has 0 fully saturated rings. The van der Waals surface area contributed by atoms with Gasteiger partial charge < -0.3 is 14.2 Å². The molecule has 0 aliphatic carbocycles. The molecule has 39 heavy (non-hydrogen) atoms. The fraction of sp³-hybridized carbons (Fsp3) is 0.286. The van der Waals surface area contributed by atoms with E-state index in [-0.39, 0.29) is 23.4 Å². The molecule has 3 heterocycles. The van der Waals surface area contributed by atoms with E-state index in [0.29, 0.717) is 32.1 Å². The molecule has 0 spiro atoms. The Balaban J connectivity index is 1.76. The number of fused-ring (bicyclic) bond motifs is 2. The van der Waals surface area contributed by atoms with Crippen molar-refractivity contribution in [1.29, 1.82) is 0 Å². The largest absolute Gasteiger partial charge is 0.497 e. The summed E-state index contributed by atoms with van der Waals surface area (Å²) in [4.78, 5) is 44.6. The van der Waals surface area contributed by atoms with E-state index < -0.39 is 12.0 Å². The van der Waals surface area contributed by atoms with Crippen molar-refractivity contribution in [3.8, 4) is 11.5 Å². The van der Waals surface area contributed by atoms with Gasteiger partial charge >= 0.3 is 11.7 Å². The number of benzene rings is 2. The lowest BCUT2D eigenvalue weighted by atomic mass is 9.94. The second kappa shape index (κ2) is 10.1. The number of ether oxygens (including phenoxy) is 3. The smallest absolute Gasteiger partial charge is 0.338 e. The van der Waals surface area contributed by atoms with Crippen LogP contribution in [0, 0.1) is 0 Å². The molecule has 0 bridgehead atoms. The van der Waals surface area contributed by atoms with Crippen LogP contribution >= 0.6 is 11.3 Å². The standard InChI is InChI=1S/C28H28N4O6S/c1-7-38-26(34)23-15(2)29-27-32(24(23)18-14-17(36-5)9-11-21(18)37-6)25(33)22(39-27)13-16-8-10-19-20(12-16)31(4)28(35)30(19)3/h8-14,24H,7H2,1-6H3/b22-13+. The lowest BCUT2D eigenvalue weighted by Crippen LogP contribution is -2.40. The number of thiazole rings is 1. The fourth-order valence-corrected chi connectivity index (χ4v) is 5.95. The highest BCUT2D eigenvalue weighted by Crippen LogP contribution is 2.37. The summed E-state index contributed by atoms with van der Waals surface area (Å²) in [5.41, 5.74) is 3.14. The number of esters is 1. The number of hydrogen-bond acceptors (Lipinski definition) is 8. The second-order valence-electron chi connectivity index (χ2n) is 9.06. The van der Waals surface area contributed by atoms with Crippen LogP contribution in [0.1, 0.15) is 31.0 Å². The minimum Gasteiger partial charge on any atom is -0.497 e. The molecular formula is C28H28N4O6S. The summed E-state index contributed by atoms with van der Waals surface area (Å²) in [5.74, 6) is 0.480. The maximum absolute atomic E-state index is 14.0. The number of carbonyl (C=O) groups is 1. The van der Waals surface area contributed by atoms with Crippen LogP contribution in [0.25, 0.3) is 17.1 Å². The second-order valence-corrected chi connectivity index (χ2v) is 10.1. The summed E-state index contributed by atoms with van der Waals surface area (Å²) in [6.45, 7) is 3.63. The molecule has 1 aliphatic rings. The van der Waals surface area contributed by atoms with Crippen LogP contribution in [-0.4, -0.2) is 40.5 Å². The van der Waals surface area contributed by atoms with E-state index in [1.807, 2.05) is 18.2 Å². The van der Waals surface area contributed by atoms with Crippen molar-refractivity contribution in [3.05, 3.63) is 89.0 Å². The van der Waals surface area contributed by atoms with Crippen molar-refractivity contribution < 1.29 is 19.0 Å². The highest BCUT2D eigenvalue weighted by molar-refractivity contribution is 7.07. The van der Waals surface area contributed by atoms with E-state index in [2.05, 4.69) is 4.99 Å². The molecule has 0 saturated heterocycles. The van der Waals surface area contributed by atoms with Gasteiger partial charge in [-0.2, -0.15) is 0 Å². The zero-order valence-electron chi connectivity index (χ0n) is 22.5. The van der Waals surface area contributed by atoms with Crippen molar-refractivity contribution >= 4 is 34.4 Å². The van der Waals surface area contributed by atoms with Crippen molar-refractivity contribution in [2.24, 2.45) is 19.1 Å². The van der Waals surface area contributed by atoms with Gasteiger partial charge in [-0.1, -0.05) is 17.4 Å². The molecule has 1 unspecified atom stereocenters. The van der Waals surface area contributed by atoms with E-state index >= 15 is 0 Å². The minimum absolute atomic E-state index is 0.129. The van der Waals surface area contributed by atoms with Crippen molar-refractivity contribution in [1.82, 2.24) is 13.7 Å². The Labute approximate surface area is 227 Å². The number of imidazole rings is 1. The first kappa shape index (κ1) is 26.2. The van der Waals surface area contributed by atoms with Gasteiger partial charge in [-0.25, -0.2) is 14.6 Å². The molecule has 10 nitrogen and oxygen atoms in total. The third kappa shape index (κ3) is 4.28. The third-order valence-electron chi connectivity index (χ3n) is 6.84. The molecule has 0 N–H and O–H groups in total. The summed E-state index contributed by atoms with van der Waals surface area (Å²) >= 11 is 1.22. The number of methoxy groups -OCH3 is 2. The topological polar surface area (TPSA) is 106 Å². The number of aryl methyl sites for hydroxylation is 2. The van der Waals surface area contributed by atoms with E-state index in [0.717, 1.165) is 16.6 Å². The zero-order chi connectivity index (χ0) is 28.0. The summed E-state index contributed by atoms with van der Waals surface area (Å²) in [5, 5.41) is 0. The van der Waals surface area contributed by atoms with Crippen LogP contribution in [0.5, 0.6) is 11.5 Å². The quantitative estimate of drug-likeness (QED) is 0.342. The van der Waals surface area contributed by atoms with Gasteiger partial charge in [0.1, 0.15) is 17.5 Å². The van der Waals surface area contributed by atoms with E-state index in [1.54, 1.807) is 68.5 Å². The number of aromatic nitrogens is 3. The van der Waals surface area contributed by atoms with Gasteiger partial charge in [-0.05, 0) is 55.8 Å². The average molecular weight is 549 g/mol. The van der Waals surface area contributed by atoms with Crippen LogP contribution in [-0.2, 0) is 23.6 Å². The summed E-state index contributed by atoms with van der Waals surface area (Å²) < 4.78 is 21.5. The highest BCUT2D eigenvalue weighted by Gasteiger charge is 2.35. The summed E-state index contributed by atoms with van der Waals surface area (Å²) in [6, 6.07) is 9.98. The number of hydrogen-bond donors (Lipinski definition) is 0. The maximum atomic E-state index is 14.0. The van der Waals surface area contributed by atoms with Crippen LogP contribution in [0.2, 0.25) is 0 Å². The Kier molecular flexibility index (Phi) is 6.77. The molecule has 202 valence electrons. The molecule has 0 saturated carbocycles. The van der Waals surface area contributed by atoms with E-state index in [4.69, 9.17) is 14.2 Å². The molecule has 4 aromatic rings. The van der Waals surface area contributed by atoms with Crippen molar-refractivity contribution in [3.63, 3.8) is 0 Å². The first-order valence-corrected chi connectivity index (χ1v) is 13.1. The van der Waals surface area contributed by atoms with Gasteiger partial charge in [-0.3, -0.25) is 18.5 Å². The molecule has 0 amide bonds. The minimum atomic E-state index is -0.843. The van der Waals surface area contributed by atoms with Crippen LogP contribution in [0.3, 0.4) is 0 Å². The first-order chi connectivity index (χ1) is 18.7. The number of nitrogens with zero attached hydrogens (tertiary/aromatic N) is 4. The molecule has 2 aromatic carbocycles. The van der Waals surface area contributed by atoms with E-state index in [9.17, 15) is 14.4 Å². The Morgan fingerprint density at radius 1 is 1.05 bits per heavy atom. The SMILES string of the molecule is CCOC(=O)C1=C(C)N=c2s/c(=C/c3ccc4c(c3)n(C)c(=O)n4C)c(=O)n2C1c1cc(OC)ccc1OC. The first-order valence-electron chi connectivity index (χ1n) is 12.3. The zero-order valence-corrected chi connectivity index (χ0v) is 23.3. The molecular weight excluding hydrogens is 520 g/mol. The van der Waals surface area contributed by atoms with Gasteiger partial charge in [0.05, 0.1) is 47.7 Å². The Morgan fingerprint density at radius 3 is 2.49 bits per heavy atom. The van der Waals surface area contributed by atoms with Gasteiger partial charge in [0.15, 0.2) is 4.80 Å². The van der Waals surface area contributed by atoms with Gasteiger partial charge in [-0.15, -0.1) is 0 Å².